The molecule has 39 heavy (non-hydrogen) atoms. The van der Waals surface area contributed by atoms with E-state index in [4.69, 9.17) is 9.47 Å². The van der Waals surface area contributed by atoms with Crippen LogP contribution in [0.4, 0.5) is 0 Å². The summed E-state index contributed by atoms with van der Waals surface area (Å²) in [6, 6.07) is 4.91. The van der Waals surface area contributed by atoms with Crippen LogP contribution in [0.2, 0.25) is 0 Å². The van der Waals surface area contributed by atoms with E-state index in [9.17, 15) is 19.5 Å². The molecule has 3 N–H and O–H groups in total. The molecule has 8 nitrogen and oxygen atoms in total. The van der Waals surface area contributed by atoms with Gasteiger partial charge in [0, 0.05) is 54.3 Å². The van der Waals surface area contributed by atoms with Gasteiger partial charge >= 0.3 is 0 Å². The summed E-state index contributed by atoms with van der Waals surface area (Å²) in [6.45, 7) is 9.08. The first-order valence-corrected chi connectivity index (χ1v) is 13.8. The van der Waals surface area contributed by atoms with Gasteiger partial charge in [0.15, 0.2) is 23.1 Å². The molecule has 3 aliphatic rings. The second kappa shape index (κ2) is 10.8. The fourth-order valence-electron chi connectivity index (χ4n) is 6.46. The molecule has 0 saturated heterocycles. The number of Topliss-reactive ketones (excluding diaryl/α,β-unsaturated/α-hetero) is 2. The molecular formula is C31H42N2O6. The first kappa shape index (κ1) is 28.9. The van der Waals surface area contributed by atoms with Crippen molar-refractivity contribution in [2.24, 2.45) is 10.8 Å². The van der Waals surface area contributed by atoms with Crippen molar-refractivity contribution < 1.29 is 34.7 Å². The minimum Gasteiger partial charge on any atom is -0.544 e. The normalized spacial score (nSPS) is 21.5. The maximum absolute atomic E-state index is 13.9. The SMILES string of the molecule is COc1ccc(C2C3=C(CC(C)(C)CC3=O)N(CCCC[C@H]([NH3+])C(=O)[O-])C3=C2C(=O)CC(C)(C)C3)cc1OC. The number of benzene rings is 1. The minimum atomic E-state index is -1.14. The van der Waals surface area contributed by atoms with Gasteiger partial charge in [-0.05, 0) is 54.2 Å². The van der Waals surface area contributed by atoms with E-state index in [1.165, 1.54) is 0 Å². The van der Waals surface area contributed by atoms with Crippen molar-refractivity contribution in [1.82, 2.24) is 4.90 Å². The Labute approximate surface area is 231 Å². The Morgan fingerprint density at radius 2 is 1.49 bits per heavy atom. The molecule has 0 bridgehead atoms. The third-order valence-corrected chi connectivity index (χ3v) is 8.28. The lowest BCUT2D eigenvalue weighted by molar-refractivity contribution is -0.438. The lowest BCUT2D eigenvalue weighted by Crippen LogP contribution is -2.68. The molecule has 1 aromatic carbocycles. The molecule has 4 rings (SSSR count). The molecule has 0 radical (unpaired) electrons. The van der Waals surface area contributed by atoms with Crippen LogP contribution in [0, 0.1) is 10.8 Å². The van der Waals surface area contributed by atoms with Crippen molar-refractivity contribution in [3.8, 4) is 11.5 Å². The summed E-state index contributed by atoms with van der Waals surface area (Å²) in [6.07, 6.45) is 4.09. The monoisotopic (exact) mass is 538 g/mol. The minimum absolute atomic E-state index is 0.0741. The predicted molar refractivity (Wildman–Crippen MR) is 145 cm³/mol. The Hall–Kier alpha value is -3.13. The smallest absolute Gasteiger partial charge is 0.162 e. The number of aliphatic carboxylic acids is 1. The van der Waals surface area contributed by atoms with Crippen LogP contribution in [-0.4, -0.2) is 49.2 Å². The zero-order chi connectivity index (χ0) is 28.7. The molecule has 1 aliphatic heterocycles. The lowest BCUT2D eigenvalue weighted by Gasteiger charge is -2.49. The third-order valence-electron chi connectivity index (χ3n) is 8.28. The average Bonchev–Trinajstić information content (AvgIpc) is 2.84. The Balaban J connectivity index is 1.85. The van der Waals surface area contributed by atoms with Crippen LogP contribution in [0.1, 0.15) is 84.1 Å². The number of rotatable bonds is 9. The summed E-state index contributed by atoms with van der Waals surface area (Å²) in [5.41, 5.74) is 7.50. The van der Waals surface area contributed by atoms with Crippen molar-refractivity contribution in [3.63, 3.8) is 0 Å². The molecule has 1 atom stereocenters. The van der Waals surface area contributed by atoms with E-state index < -0.39 is 17.9 Å². The van der Waals surface area contributed by atoms with Crippen LogP contribution in [0.15, 0.2) is 40.7 Å². The molecule has 0 fully saturated rings. The number of ketones is 2. The molecule has 0 amide bonds. The third kappa shape index (κ3) is 5.76. The molecule has 1 aromatic rings. The molecule has 2 aliphatic carbocycles. The van der Waals surface area contributed by atoms with Crippen LogP contribution in [-0.2, 0) is 14.4 Å². The number of ether oxygens (including phenoxy) is 2. The number of hydrogen-bond donors (Lipinski definition) is 1. The summed E-state index contributed by atoms with van der Waals surface area (Å²) >= 11 is 0. The summed E-state index contributed by atoms with van der Waals surface area (Å²) in [7, 11) is 3.17. The summed E-state index contributed by atoms with van der Waals surface area (Å²) in [5, 5.41) is 11.2. The van der Waals surface area contributed by atoms with Crippen molar-refractivity contribution in [2.75, 3.05) is 20.8 Å². The second-order valence-electron chi connectivity index (χ2n) is 12.8. The number of hydrogen-bond acceptors (Lipinski definition) is 7. The van der Waals surface area contributed by atoms with E-state index in [1.807, 2.05) is 18.2 Å². The topological polar surface area (TPSA) is 124 Å². The number of carboxylic acids is 1. The number of methoxy groups -OCH3 is 2. The van der Waals surface area contributed by atoms with Crippen molar-refractivity contribution in [2.45, 2.75) is 84.6 Å². The fourth-order valence-corrected chi connectivity index (χ4v) is 6.46. The highest BCUT2D eigenvalue weighted by Gasteiger charge is 2.48. The molecule has 0 saturated carbocycles. The van der Waals surface area contributed by atoms with Gasteiger partial charge in [-0.25, -0.2) is 0 Å². The number of quaternary nitrogens is 1. The Morgan fingerprint density at radius 3 is 1.97 bits per heavy atom. The zero-order valence-corrected chi connectivity index (χ0v) is 24.1. The van der Waals surface area contributed by atoms with Crippen LogP contribution < -0.4 is 20.3 Å². The highest BCUT2D eigenvalue weighted by Crippen LogP contribution is 2.55. The summed E-state index contributed by atoms with van der Waals surface area (Å²) in [5.74, 6) is -0.297. The number of nitrogens with zero attached hydrogens (tertiary/aromatic N) is 1. The summed E-state index contributed by atoms with van der Waals surface area (Å²) in [4.78, 5) is 41.2. The van der Waals surface area contributed by atoms with Crippen LogP contribution >= 0.6 is 0 Å². The van der Waals surface area contributed by atoms with Gasteiger partial charge in [0.2, 0.25) is 0 Å². The van der Waals surface area contributed by atoms with E-state index in [-0.39, 0.29) is 22.4 Å². The van der Waals surface area contributed by atoms with Crippen LogP contribution in [0.5, 0.6) is 11.5 Å². The number of unbranched alkanes of at least 4 members (excludes halogenated alkanes) is 1. The second-order valence-corrected chi connectivity index (χ2v) is 12.8. The maximum atomic E-state index is 13.9. The van der Waals surface area contributed by atoms with Gasteiger partial charge in [-0.2, -0.15) is 0 Å². The Bertz CT molecular complexity index is 1190. The lowest BCUT2D eigenvalue weighted by atomic mass is 9.63. The quantitative estimate of drug-likeness (QED) is 0.480. The van der Waals surface area contributed by atoms with E-state index in [0.29, 0.717) is 54.9 Å². The maximum Gasteiger partial charge on any atom is 0.162 e. The van der Waals surface area contributed by atoms with E-state index >= 15 is 0 Å². The number of carbonyl (C=O) groups is 3. The van der Waals surface area contributed by atoms with Crippen molar-refractivity contribution >= 4 is 17.5 Å². The van der Waals surface area contributed by atoms with Gasteiger partial charge in [0.05, 0.1) is 20.2 Å². The molecule has 0 spiro atoms. The highest BCUT2D eigenvalue weighted by atomic mass is 16.5. The van der Waals surface area contributed by atoms with Crippen LogP contribution in [0.25, 0.3) is 0 Å². The zero-order valence-electron chi connectivity index (χ0n) is 24.1. The summed E-state index contributed by atoms with van der Waals surface area (Å²) < 4.78 is 11.0. The van der Waals surface area contributed by atoms with E-state index in [0.717, 1.165) is 36.2 Å². The molecule has 0 aromatic heterocycles. The largest absolute Gasteiger partial charge is 0.544 e. The first-order chi connectivity index (χ1) is 18.3. The Morgan fingerprint density at radius 1 is 0.949 bits per heavy atom. The molecule has 212 valence electrons. The fraction of sp³-hybridized carbons (Fsp3) is 0.581. The van der Waals surface area contributed by atoms with E-state index in [2.05, 4.69) is 38.3 Å². The van der Waals surface area contributed by atoms with Crippen molar-refractivity contribution in [3.05, 3.63) is 46.3 Å². The highest BCUT2D eigenvalue weighted by molar-refractivity contribution is 6.06. The standard InChI is InChI=1S/C31H42N2O6/c1-30(2)14-20-27(22(34)16-30)26(18-10-11-24(38-5)25(13-18)39-6)28-21(15-31(3,4)17-23(28)35)33(20)12-8-7-9-19(32)29(36)37/h10-11,13,19,26H,7-9,12,14-17,32H2,1-6H3,(H,36,37)/t19-/m0/s1. The predicted octanol–water partition coefficient (Wildman–Crippen LogP) is 2.92. The van der Waals surface area contributed by atoms with E-state index in [1.54, 1.807) is 14.2 Å². The average molecular weight is 539 g/mol. The van der Waals surface area contributed by atoms with Crippen LogP contribution in [0.3, 0.4) is 0 Å². The molecular weight excluding hydrogens is 496 g/mol. The van der Waals surface area contributed by atoms with Gasteiger partial charge < -0.3 is 30.0 Å². The molecule has 0 unspecified atom stereocenters. The van der Waals surface area contributed by atoms with Crippen molar-refractivity contribution in [1.29, 1.82) is 0 Å². The number of allylic oxidation sites excluding steroid dienone is 4. The number of carbonyl (C=O) groups excluding carboxylic acids is 3. The molecule has 8 heteroatoms. The number of carboxylic acid groups (broad SMARTS) is 1. The van der Waals surface area contributed by atoms with Gasteiger partial charge in [-0.3, -0.25) is 9.59 Å². The molecule has 1 heterocycles. The van der Waals surface area contributed by atoms with Gasteiger partial charge in [-0.1, -0.05) is 33.8 Å². The first-order valence-electron chi connectivity index (χ1n) is 13.8. The van der Waals surface area contributed by atoms with Gasteiger partial charge in [0.1, 0.15) is 6.04 Å². The van der Waals surface area contributed by atoms with Gasteiger partial charge in [0.25, 0.3) is 0 Å². The van der Waals surface area contributed by atoms with Gasteiger partial charge in [-0.15, -0.1) is 0 Å². The Kier molecular flexibility index (Phi) is 7.99.